The first-order valence-corrected chi connectivity index (χ1v) is 6.93. The summed E-state index contributed by atoms with van der Waals surface area (Å²) in [6.45, 7) is 4.11. The molecule has 5 nitrogen and oxygen atoms in total. The number of aromatic nitrogens is 4. The Morgan fingerprint density at radius 2 is 1.86 bits per heavy atom. The average Bonchev–Trinajstić information content (AvgIpc) is 2.99. The second-order valence-corrected chi connectivity index (χ2v) is 5.01. The Labute approximate surface area is 123 Å². The summed E-state index contributed by atoms with van der Waals surface area (Å²) in [6.07, 6.45) is 1.01. The number of nitrogen functional groups attached to an aromatic ring is 1. The molecule has 106 valence electrons. The number of aryl methyl sites for hydroxylation is 2. The molecular formula is C16H17N5. The lowest BCUT2D eigenvalue weighted by molar-refractivity contribution is 0.791. The summed E-state index contributed by atoms with van der Waals surface area (Å²) in [4.78, 5) is 0. The zero-order valence-corrected chi connectivity index (χ0v) is 12.1. The third-order valence-electron chi connectivity index (χ3n) is 3.60. The molecule has 0 unspecified atom stereocenters. The van der Waals surface area contributed by atoms with Crippen LogP contribution in [0.25, 0.3) is 17.1 Å². The van der Waals surface area contributed by atoms with Crippen LogP contribution < -0.4 is 5.73 Å². The highest BCUT2D eigenvalue weighted by Crippen LogP contribution is 2.23. The molecule has 0 amide bonds. The van der Waals surface area contributed by atoms with Gasteiger partial charge in [0.05, 0.1) is 5.69 Å². The van der Waals surface area contributed by atoms with Crippen LogP contribution in [0, 0.1) is 6.92 Å². The summed E-state index contributed by atoms with van der Waals surface area (Å²) in [6, 6.07) is 14.1. The van der Waals surface area contributed by atoms with Crippen LogP contribution in [0.5, 0.6) is 0 Å². The van der Waals surface area contributed by atoms with E-state index >= 15 is 0 Å². The normalized spacial score (nSPS) is 10.8. The Bertz CT molecular complexity index is 759. The summed E-state index contributed by atoms with van der Waals surface area (Å²) in [5.41, 5.74) is 10.9. The van der Waals surface area contributed by atoms with Gasteiger partial charge in [-0.2, -0.15) is 4.68 Å². The zero-order valence-electron chi connectivity index (χ0n) is 12.1. The molecule has 0 atom stereocenters. The molecule has 0 fully saturated rings. The van der Waals surface area contributed by atoms with E-state index in [1.54, 1.807) is 4.68 Å². The molecule has 0 saturated heterocycles. The fourth-order valence-corrected chi connectivity index (χ4v) is 2.19. The van der Waals surface area contributed by atoms with Gasteiger partial charge < -0.3 is 5.73 Å². The van der Waals surface area contributed by atoms with Crippen molar-refractivity contribution in [3.63, 3.8) is 0 Å². The van der Waals surface area contributed by atoms with Crippen molar-refractivity contribution in [3.05, 3.63) is 53.6 Å². The van der Waals surface area contributed by atoms with Crippen molar-refractivity contribution in [2.75, 3.05) is 5.73 Å². The number of benzene rings is 2. The van der Waals surface area contributed by atoms with Gasteiger partial charge in [0, 0.05) is 11.3 Å². The van der Waals surface area contributed by atoms with Crippen molar-refractivity contribution in [2.45, 2.75) is 20.3 Å². The Balaban J connectivity index is 2.05. The first kappa shape index (κ1) is 13.3. The van der Waals surface area contributed by atoms with Crippen LogP contribution in [-0.4, -0.2) is 20.2 Å². The summed E-state index contributed by atoms with van der Waals surface area (Å²) < 4.78 is 1.73. The van der Waals surface area contributed by atoms with Crippen LogP contribution in [0.1, 0.15) is 18.1 Å². The van der Waals surface area contributed by atoms with E-state index in [9.17, 15) is 0 Å². The standard InChI is InChI=1S/C16H17N5/c1-3-12-5-8-14(9-6-12)21-16(18-19-20-21)13-7-4-11(2)15(17)10-13/h4-10H,3,17H2,1-2H3. The van der Waals surface area contributed by atoms with Crippen molar-refractivity contribution < 1.29 is 0 Å². The summed E-state index contributed by atoms with van der Waals surface area (Å²) in [5, 5.41) is 12.0. The lowest BCUT2D eigenvalue weighted by Gasteiger charge is -2.07. The third kappa shape index (κ3) is 2.50. The molecule has 0 spiro atoms. The number of nitrogens with two attached hydrogens (primary N) is 1. The third-order valence-corrected chi connectivity index (χ3v) is 3.60. The number of hydrogen-bond donors (Lipinski definition) is 1. The number of hydrogen-bond acceptors (Lipinski definition) is 4. The topological polar surface area (TPSA) is 69.6 Å². The highest BCUT2D eigenvalue weighted by Gasteiger charge is 2.11. The summed E-state index contributed by atoms with van der Waals surface area (Å²) >= 11 is 0. The van der Waals surface area contributed by atoms with E-state index in [2.05, 4.69) is 34.6 Å². The van der Waals surface area contributed by atoms with Crippen LogP contribution in [0.4, 0.5) is 5.69 Å². The van der Waals surface area contributed by atoms with E-state index in [0.29, 0.717) is 5.82 Å². The van der Waals surface area contributed by atoms with Gasteiger partial charge in [-0.1, -0.05) is 31.2 Å². The summed E-state index contributed by atoms with van der Waals surface area (Å²) in [5.74, 6) is 0.686. The Morgan fingerprint density at radius 1 is 1.10 bits per heavy atom. The molecule has 1 aromatic heterocycles. The molecule has 2 aromatic carbocycles. The smallest absolute Gasteiger partial charge is 0.187 e. The second-order valence-electron chi connectivity index (χ2n) is 5.01. The van der Waals surface area contributed by atoms with Crippen molar-refractivity contribution in [1.29, 1.82) is 0 Å². The average molecular weight is 279 g/mol. The number of rotatable bonds is 3. The van der Waals surface area contributed by atoms with E-state index < -0.39 is 0 Å². The number of anilines is 1. The van der Waals surface area contributed by atoms with E-state index in [1.807, 2.05) is 37.3 Å². The Hall–Kier alpha value is -2.69. The lowest BCUT2D eigenvalue weighted by Crippen LogP contribution is -2.00. The first-order chi connectivity index (χ1) is 10.2. The first-order valence-electron chi connectivity index (χ1n) is 6.93. The van der Waals surface area contributed by atoms with Gasteiger partial charge in [-0.05, 0) is 53.1 Å². The van der Waals surface area contributed by atoms with Crippen LogP contribution in [0.15, 0.2) is 42.5 Å². The van der Waals surface area contributed by atoms with Crippen LogP contribution in [0.3, 0.4) is 0 Å². The van der Waals surface area contributed by atoms with Gasteiger partial charge in [-0.15, -0.1) is 5.10 Å². The van der Waals surface area contributed by atoms with Crippen LogP contribution >= 0.6 is 0 Å². The van der Waals surface area contributed by atoms with E-state index in [-0.39, 0.29) is 0 Å². The van der Waals surface area contributed by atoms with Gasteiger partial charge in [0.1, 0.15) is 0 Å². The highest BCUT2D eigenvalue weighted by molar-refractivity contribution is 5.64. The molecule has 2 N–H and O–H groups in total. The van der Waals surface area contributed by atoms with Gasteiger partial charge in [0.2, 0.25) is 0 Å². The molecule has 0 aliphatic heterocycles. The number of nitrogens with zero attached hydrogens (tertiary/aromatic N) is 4. The van der Waals surface area contributed by atoms with Crippen molar-refractivity contribution in [1.82, 2.24) is 20.2 Å². The molecule has 0 bridgehead atoms. The van der Waals surface area contributed by atoms with E-state index in [0.717, 1.165) is 28.9 Å². The van der Waals surface area contributed by atoms with E-state index in [4.69, 9.17) is 5.73 Å². The van der Waals surface area contributed by atoms with E-state index in [1.165, 1.54) is 5.56 Å². The molecular weight excluding hydrogens is 262 g/mol. The molecule has 0 radical (unpaired) electrons. The molecule has 0 saturated carbocycles. The SMILES string of the molecule is CCc1ccc(-n2nnnc2-c2ccc(C)c(N)c2)cc1. The molecule has 5 heteroatoms. The molecule has 1 heterocycles. The minimum absolute atomic E-state index is 0.686. The maximum absolute atomic E-state index is 5.98. The van der Waals surface area contributed by atoms with Gasteiger partial charge >= 0.3 is 0 Å². The van der Waals surface area contributed by atoms with Crippen molar-refractivity contribution in [2.24, 2.45) is 0 Å². The minimum atomic E-state index is 0.686. The fraction of sp³-hybridized carbons (Fsp3) is 0.188. The maximum Gasteiger partial charge on any atom is 0.187 e. The van der Waals surface area contributed by atoms with Gasteiger partial charge in [-0.25, -0.2) is 0 Å². The second kappa shape index (κ2) is 5.36. The van der Waals surface area contributed by atoms with Crippen molar-refractivity contribution in [3.8, 4) is 17.1 Å². The van der Waals surface area contributed by atoms with Gasteiger partial charge in [0.15, 0.2) is 5.82 Å². The molecule has 3 rings (SSSR count). The Kier molecular flexibility index (Phi) is 3.39. The highest BCUT2D eigenvalue weighted by atomic mass is 15.5. The van der Waals surface area contributed by atoms with Gasteiger partial charge in [-0.3, -0.25) is 0 Å². The van der Waals surface area contributed by atoms with Crippen LogP contribution in [-0.2, 0) is 6.42 Å². The predicted molar refractivity (Wildman–Crippen MR) is 83.1 cm³/mol. The Morgan fingerprint density at radius 3 is 2.52 bits per heavy atom. The molecule has 21 heavy (non-hydrogen) atoms. The quantitative estimate of drug-likeness (QED) is 0.748. The molecule has 0 aliphatic rings. The predicted octanol–water partition coefficient (Wildman–Crippen LogP) is 2.78. The molecule has 0 aliphatic carbocycles. The lowest BCUT2D eigenvalue weighted by atomic mass is 10.1. The summed E-state index contributed by atoms with van der Waals surface area (Å²) in [7, 11) is 0. The van der Waals surface area contributed by atoms with Crippen molar-refractivity contribution >= 4 is 5.69 Å². The molecule has 3 aromatic rings. The number of tetrazole rings is 1. The zero-order chi connectivity index (χ0) is 14.8. The maximum atomic E-state index is 5.98. The van der Waals surface area contributed by atoms with Gasteiger partial charge in [0.25, 0.3) is 0 Å². The van der Waals surface area contributed by atoms with Crippen LogP contribution in [0.2, 0.25) is 0 Å². The monoisotopic (exact) mass is 279 g/mol. The minimum Gasteiger partial charge on any atom is -0.398 e. The fourth-order valence-electron chi connectivity index (χ4n) is 2.19. The largest absolute Gasteiger partial charge is 0.398 e.